The maximum atomic E-state index is 13.8. The molecule has 0 fully saturated rings. The van der Waals surface area contributed by atoms with Gasteiger partial charge >= 0.3 is 0 Å². The fourth-order valence-corrected chi connectivity index (χ4v) is 3.34. The highest BCUT2D eigenvalue weighted by atomic mass is 32.2. The van der Waals surface area contributed by atoms with Gasteiger partial charge in [0.2, 0.25) is 0 Å². The largest absolute Gasteiger partial charge is 0.264 e. The van der Waals surface area contributed by atoms with Crippen LogP contribution >= 0.6 is 0 Å². The summed E-state index contributed by atoms with van der Waals surface area (Å²) < 4.78 is 52.5. The fraction of sp³-hybridized carbons (Fsp3) is 0.143. The molecule has 2 aromatic carbocycles. The topological polar surface area (TPSA) is 37.4 Å². The van der Waals surface area contributed by atoms with Gasteiger partial charge in [-0.2, -0.15) is 0 Å². The van der Waals surface area contributed by atoms with E-state index in [1.54, 1.807) is 13.0 Å². The van der Waals surface area contributed by atoms with Gasteiger partial charge < -0.3 is 0 Å². The lowest BCUT2D eigenvalue weighted by molar-refractivity contribution is 0.585. The van der Waals surface area contributed by atoms with E-state index in [2.05, 4.69) is 0 Å². The molecule has 3 nitrogen and oxygen atoms in total. The van der Waals surface area contributed by atoms with Crippen molar-refractivity contribution in [1.29, 1.82) is 0 Å². The fourth-order valence-electron chi connectivity index (χ4n) is 1.86. The predicted molar refractivity (Wildman–Crippen MR) is 73.0 cm³/mol. The Bertz CT molecular complexity index is 699. The van der Waals surface area contributed by atoms with Gasteiger partial charge in [0.05, 0.1) is 10.6 Å². The van der Waals surface area contributed by atoms with Crippen LogP contribution in [0.2, 0.25) is 0 Å². The summed E-state index contributed by atoms with van der Waals surface area (Å²) >= 11 is 0. The summed E-state index contributed by atoms with van der Waals surface area (Å²) in [5.74, 6) is -1.15. The maximum absolute atomic E-state index is 13.8. The van der Waals surface area contributed by atoms with Crippen molar-refractivity contribution < 1.29 is 17.2 Å². The average molecular weight is 297 g/mol. The highest BCUT2D eigenvalue weighted by Crippen LogP contribution is 2.25. The highest BCUT2D eigenvalue weighted by Gasteiger charge is 2.25. The molecule has 0 N–H and O–H groups in total. The lowest BCUT2D eigenvalue weighted by Crippen LogP contribution is -2.31. The number of sulfonamides is 1. The van der Waals surface area contributed by atoms with Crippen molar-refractivity contribution >= 4 is 15.7 Å². The Morgan fingerprint density at radius 1 is 1.00 bits per heavy atom. The second kappa shape index (κ2) is 5.58. The summed E-state index contributed by atoms with van der Waals surface area (Å²) in [6.07, 6.45) is 0. The molecule has 2 aromatic rings. The molecule has 0 saturated carbocycles. The van der Waals surface area contributed by atoms with E-state index in [4.69, 9.17) is 0 Å². The molecule has 0 unspecified atom stereocenters. The summed E-state index contributed by atoms with van der Waals surface area (Å²) in [5.41, 5.74) is -0.0284. The zero-order chi connectivity index (χ0) is 14.8. The third-order valence-corrected chi connectivity index (χ3v) is 4.71. The Hall–Kier alpha value is -1.95. The lowest BCUT2D eigenvalue weighted by atomic mass is 10.3. The van der Waals surface area contributed by atoms with Crippen LogP contribution in [0.5, 0.6) is 0 Å². The molecule has 0 aromatic heterocycles. The van der Waals surface area contributed by atoms with Crippen LogP contribution in [-0.4, -0.2) is 15.0 Å². The number of para-hydroxylation sites is 1. The molecule has 0 aliphatic carbocycles. The summed E-state index contributed by atoms with van der Waals surface area (Å²) in [4.78, 5) is -0.0796. The van der Waals surface area contributed by atoms with Crippen LogP contribution < -0.4 is 4.31 Å². The Balaban J connectivity index is 2.51. The van der Waals surface area contributed by atoms with Crippen molar-refractivity contribution in [3.05, 3.63) is 60.2 Å². The van der Waals surface area contributed by atoms with Gasteiger partial charge in [-0.3, -0.25) is 4.31 Å². The molecule has 106 valence electrons. The predicted octanol–water partition coefficient (Wildman–Crippen LogP) is 3.18. The van der Waals surface area contributed by atoms with Gasteiger partial charge in [-0.1, -0.05) is 12.1 Å². The van der Waals surface area contributed by atoms with E-state index >= 15 is 0 Å². The minimum Gasteiger partial charge on any atom is -0.264 e. The van der Waals surface area contributed by atoms with Crippen LogP contribution in [0.1, 0.15) is 6.92 Å². The molecule has 0 heterocycles. The molecule has 0 bridgehead atoms. The number of anilines is 1. The maximum Gasteiger partial charge on any atom is 0.264 e. The molecular weight excluding hydrogens is 284 g/mol. The van der Waals surface area contributed by atoms with Crippen molar-refractivity contribution in [3.63, 3.8) is 0 Å². The first-order chi connectivity index (χ1) is 9.46. The van der Waals surface area contributed by atoms with Crippen LogP contribution in [0.25, 0.3) is 0 Å². The smallest absolute Gasteiger partial charge is 0.264 e. The summed E-state index contributed by atoms with van der Waals surface area (Å²) in [6, 6.07) is 10.1. The average Bonchev–Trinajstić information content (AvgIpc) is 2.42. The zero-order valence-electron chi connectivity index (χ0n) is 10.8. The van der Waals surface area contributed by atoms with Gasteiger partial charge in [0.25, 0.3) is 10.0 Å². The quantitative estimate of drug-likeness (QED) is 0.869. The molecular formula is C14H13F2NO2S. The summed E-state index contributed by atoms with van der Waals surface area (Å²) in [6.45, 7) is 1.67. The normalized spacial score (nSPS) is 11.3. The minimum absolute atomic E-state index is 0.0284. The number of halogens is 2. The van der Waals surface area contributed by atoms with Crippen LogP contribution in [0, 0.1) is 11.6 Å². The number of hydrogen-bond acceptors (Lipinski definition) is 2. The molecule has 2 rings (SSSR count). The molecule has 0 aliphatic heterocycles. The summed E-state index contributed by atoms with van der Waals surface area (Å²) in [7, 11) is -3.92. The molecule has 0 spiro atoms. The molecule has 20 heavy (non-hydrogen) atoms. The van der Waals surface area contributed by atoms with Crippen molar-refractivity contribution in [3.8, 4) is 0 Å². The third-order valence-electron chi connectivity index (χ3n) is 2.81. The Morgan fingerprint density at radius 2 is 1.60 bits per heavy atom. The summed E-state index contributed by atoms with van der Waals surface area (Å²) in [5, 5.41) is 0. The van der Waals surface area contributed by atoms with Crippen molar-refractivity contribution in [1.82, 2.24) is 0 Å². The van der Waals surface area contributed by atoms with E-state index in [9.17, 15) is 17.2 Å². The highest BCUT2D eigenvalue weighted by molar-refractivity contribution is 7.92. The van der Waals surface area contributed by atoms with E-state index in [0.29, 0.717) is 0 Å². The molecule has 0 saturated heterocycles. The molecule has 0 atom stereocenters. The second-order valence-corrected chi connectivity index (χ2v) is 5.94. The van der Waals surface area contributed by atoms with Crippen molar-refractivity contribution in [2.75, 3.05) is 10.8 Å². The first-order valence-electron chi connectivity index (χ1n) is 5.99. The van der Waals surface area contributed by atoms with E-state index in [1.165, 1.54) is 18.2 Å². The van der Waals surface area contributed by atoms with Gasteiger partial charge in [0.1, 0.15) is 11.6 Å². The van der Waals surface area contributed by atoms with Crippen molar-refractivity contribution in [2.24, 2.45) is 0 Å². The molecule has 0 aliphatic rings. The van der Waals surface area contributed by atoms with Gasteiger partial charge in [-0.25, -0.2) is 17.2 Å². The van der Waals surface area contributed by atoms with E-state index in [1.807, 2.05) is 0 Å². The zero-order valence-corrected chi connectivity index (χ0v) is 11.6. The lowest BCUT2D eigenvalue weighted by Gasteiger charge is -2.23. The molecule has 6 heteroatoms. The number of nitrogens with zero attached hydrogens (tertiary/aromatic N) is 1. The van der Waals surface area contributed by atoms with Gasteiger partial charge in [-0.15, -0.1) is 0 Å². The SMILES string of the molecule is CCN(c1ccccc1F)S(=O)(=O)c1ccc(F)cc1. The third kappa shape index (κ3) is 2.65. The first kappa shape index (κ1) is 14.5. The van der Waals surface area contributed by atoms with Gasteiger partial charge in [-0.05, 0) is 43.3 Å². The first-order valence-corrected chi connectivity index (χ1v) is 7.43. The van der Waals surface area contributed by atoms with Crippen LogP contribution in [0.3, 0.4) is 0 Å². The van der Waals surface area contributed by atoms with Crippen LogP contribution in [-0.2, 0) is 10.0 Å². The molecule has 0 radical (unpaired) electrons. The number of benzene rings is 2. The van der Waals surface area contributed by atoms with Gasteiger partial charge in [0, 0.05) is 6.54 Å². The van der Waals surface area contributed by atoms with E-state index in [-0.39, 0.29) is 17.1 Å². The van der Waals surface area contributed by atoms with E-state index < -0.39 is 21.7 Å². The molecule has 0 amide bonds. The Kier molecular flexibility index (Phi) is 4.04. The monoisotopic (exact) mass is 297 g/mol. The van der Waals surface area contributed by atoms with Crippen LogP contribution in [0.15, 0.2) is 53.4 Å². The Morgan fingerprint density at radius 3 is 2.15 bits per heavy atom. The van der Waals surface area contributed by atoms with Crippen LogP contribution in [0.4, 0.5) is 14.5 Å². The van der Waals surface area contributed by atoms with Gasteiger partial charge in [0.15, 0.2) is 0 Å². The van der Waals surface area contributed by atoms with E-state index in [0.717, 1.165) is 28.6 Å². The second-order valence-electron chi connectivity index (χ2n) is 4.08. The number of rotatable bonds is 4. The Labute approximate surface area is 116 Å². The standard InChI is InChI=1S/C14H13F2NO2S/c1-2-17(14-6-4-3-5-13(14)16)20(18,19)12-9-7-11(15)8-10-12/h3-10H,2H2,1H3. The van der Waals surface area contributed by atoms with Crippen molar-refractivity contribution in [2.45, 2.75) is 11.8 Å². The minimum atomic E-state index is -3.92. The number of hydrogen-bond donors (Lipinski definition) is 0.